The van der Waals surface area contributed by atoms with E-state index in [9.17, 15) is 13.2 Å². The second-order valence-corrected chi connectivity index (χ2v) is 4.22. The van der Waals surface area contributed by atoms with Crippen molar-refractivity contribution < 1.29 is 13.2 Å². The van der Waals surface area contributed by atoms with E-state index in [0.29, 0.717) is 11.3 Å². The van der Waals surface area contributed by atoms with Crippen LogP contribution in [-0.4, -0.2) is 9.97 Å². The average Bonchev–Trinajstić information content (AvgIpc) is 2.34. The zero-order valence-corrected chi connectivity index (χ0v) is 10.4. The molecule has 2 N–H and O–H groups in total. The molecule has 0 saturated carbocycles. The van der Waals surface area contributed by atoms with Gasteiger partial charge in [-0.1, -0.05) is 12.1 Å². The highest BCUT2D eigenvalue weighted by Crippen LogP contribution is 2.31. The third-order valence-corrected chi connectivity index (χ3v) is 2.87. The quantitative estimate of drug-likeness (QED) is 0.861. The maximum Gasteiger partial charge on any atom is 0.416 e. The molecule has 0 aliphatic carbocycles. The number of nitrogen functional groups attached to an aromatic ring is 1. The first kappa shape index (κ1) is 13.3. The molecule has 0 bridgehead atoms. The van der Waals surface area contributed by atoms with Crippen LogP contribution in [0.5, 0.6) is 0 Å². The third kappa shape index (κ3) is 2.67. The van der Waals surface area contributed by atoms with Crippen LogP contribution in [-0.2, 0) is 6.18 Å². The molecular formula is C13H12F3N3. The molecule has 100 valence electrons. The summed E-state index contributed by atoms with van der Waals surface area (Å²) in [5.74, 6) is 0.478. The number of benzene rings is 1. The summed E-state index contributed by atoms with van der Waals surface area (Å²) in [5.41, 5.74) is 6.66. The maximum atomic E-state index is 12.6. The summed E-state index contributed by atoms with van der Waals surface area (Å²) in [6.07, 6.45) is -4.39. The summed E-state index contributed by atoms with van der Waals surface area (Å²) in [6, 6.07) is 4.88. The van der Waals surface area contributed by atoms with Crippen LogP contribution >= 0.6 is 0 Å². The number of anilines is 1. The number of hydrogen-bond donors (Lipinski definition) is 1. The topological polar surface area (TPSA) is 51.8 Å². The van der Waals surface area contributed by atoms with Gasteiger partial charge in [0, 0.05) is 16.8 Å². The predicted molar refractivity (Wildman–Crippen MR) is 66.4 cm³/mol. The summed E-state index contributed by atoms with van der Waals surface area (Å²) in [7, 11) is 0. The molecule has 0 unspecified atom stereocenters. The molecule has 0 aliphatic rings. The molecule has 0 radical (unpaired) electrons. The molecule has 0 aliphatic heterocycles. The third-order valence-electron chi connectivity index (χ3n) is 2.87. The van der Waals surface area contributed by atoms with Gasteiger partial charge < -0.3 is 5.73 Å². The lowest BCUT2D eigenvalue weighted by Gasteiger charge is -2.10. The fourth-order valence-corrected chi connectivity index (χ4v) is 1.61. The number of hydrogen-bond acceptors (Lipinski definition) is 3. The highest BCUT2D eigenvalue weighted by Gasteiger charge is 2.30. The largest absolute Gasteiger partial charge is 0.416 e. The van der Waals surface area contributed by atoms with Gasteiger partial charge in [-0.3, -0.25) is 0 Å². The molecule has 1 heterocycles. The molecule has 19 heavy (non-hydrogen) atoms. The van der Waals surface area contributed by atoms with Crippen molar-refractivity contribution in [3.8, 4) is 11.4 Å². The lowest BCUT2D eigenvalue weighted by atomic mass is 10.1. The predicted octanol–water partition coefficient (Wildman–Crippen LogP) is 3.36. The first-order valence-electron chi connectivity index (χ1n) is 5.57. The summed E-state index contributed by atoms with van der Waals surface area (Å²) < 4.78 is 37.9. The summed E-state index contributed by atoms with van der Waals surface area (Å²) in [4.78, 5) is 8.19. The Hall–Kier alpha value is -2.11. The van der Waals surface area contributed by atoms with E-state index in [1.807, 2.05) is 0 Å². The second kappa shape index (κ2) is 4.53. The van der Waals surface area contributed by atoms with Gasteiger partial charge in [0.15, 0.2) is 5.82 Å². The molecule has 0 saturated heterocycles. The van der Waals surface area contributed by atoms with E-state index in [4.69, 9.17) is 5.73 Å². The first-order chi connectivity index (χ1) is 8.79. The van der Waals surface area contributed by atoms with Crippen LogP contribution in [0.4, 0.5) is 19.0 Å². The molecule has 2 rings (SSSR count). The van der Waals surface area contributed by atoms with Crippen LogP contribution in [0.15, 0.2) is 24.3 Å². The fraction of sp³-hybridized carbons (Fsp3) is 0.231. The van der Waals surface area contributed by atoms with E-state index < -0.39 is 11.7 Å². The number of halogens is 3. The van der Waals surface area contributed by atoms with E-state index in [-0.39, 0.29) is 11.6 Å². The minimum atomic E-state index is -4.39. The number of nitrogens with zero attached hydrogens (tertiary/aromatic N) is 2. The Balaban J connectivity index is 2.54. The number of alkyl halides is 3. The summed E-state index contributed by atoms with van der Waals surface area (Å²) >= 11 is 0. The van der Waals surface area contributed by atoms with Gasteiger partial charge in [0.25, 0.3) is 0 Å². The van der Waals surface area contributed by atoms with Crippen molar-refractivity contribution in [2.75, 3.05) is 5.73 Å². The van der Waals surface area contributed by atoms with E-state index in [1.54, 1.807) is 13.8 Å². The highest BCUT2D eigenvalue weighted by molar-refractivity contribution is 5.59. The first-order valence-corrected chi connectivity index (χ1v) is 5.57. The van der Waals surface area contributed by atoms with Crippen LogP contribution < -0.4 is 5.73 Å². The van der Waals surface area contributed by atoms with Crippen LogP contribution in [0.25, 0.3) is 11.4 Å². The van der Waals surface area contributed by atoms with Crippen molar-refractivity contribution in [2.24, 2.45) is 0 Å². The lowest BCUT2D eigenvalue weighted by Crippen LogP contribution is -2.06. The molecule has 0 spiro atoms. The molecular weight excluding hydrogens is 255 g/mol. The van der Waals surface area contributed by atoms with Crippen LogP contribution in [0, 0.1) is 13.8 Å². The molecule has 6 heteroatoms. The van der Waals surface area contributed by atoms with Crippen LogP contribution in [0.1, 0.15) is 16.8 Å². The number of rotatable bonds is 1. The molecule has 2 aromatic rings. The molecule has 1 aromatic heterocycles. The second-order valence-electron chi connectivity index (χ2n) is 4.22. The van der Waals surface area contributed by atoms with Crippen molar-refractivity contribution in [1.82, 2.24) is 9.97 Å². The maximum absolute atomic E-state index is 12.6. The molecule has 1 aromatic carbocycles. The number of nitrogens with two attached hydrogens (primary N) is 1. The van der Waals surface area contributed by atoms with E-state index in [0.717, 1.165) is 17.7 Å². The minimum absolute atomic E-state index is 0.201. The van der Waals surface area contributed by atoms with Crippen molar-refractivity contribution in [1.29, 1.82) is 0 Å². The van der Waals surface area contributed by atoms with Gasteiger partial charge in [0.2, 0.25) is 0 Å². The number of aryl methyl sites for hydroxylation is 1. The number of aromatic nitrogens is 2. The Morgan fingerprint density at radius 3 is 2.37 bits per heavy atom. The van der Waals surface area contributed by atoms with Gasteiger partial charge in [-0.15, -0.1) is 0 Å². The van der Waals surface area contributed by atoms with Crippen molar-refractivity contribution in [3.63, 3.8) is 0 Å². The SMILES string of the molecule is Cc1nc(-c2cccc(C(F)(F)F)c2)nc(N)c1C. The summed E-state index contributed by atoms with van der Waals surface area (Å²) in [5, 5.41) is 0. The standard InChI is InChI=1S/C13H12F3N3/c1-7-8(2)18-12(19-11(7)17)9-4-3-5-10(6-9)13(14,15)16/h3-6H,1-2H3,(H2,17,18,19). The fourth-order valence-electron chi connectivity index (χ4n) is 1.61. The van der Waals surface area contributed by atoms with E-state index >= 15 is 0 Å². The van der Waals surface area contributed by atoms with Crippen molar-refractivity contribution in [2.45, 2.75) is 20.0 Å². The van der Waals surface area contributed by atoms with Gasteiger partial charge in [-0.2, -0.15) is 13.2 Å². The van der Waals surface area contributed by atoms with Gasteiger partial charge in [-0.05, 0) is 26.0 Å². The van der Waals surface area contributed by atoms with Crippen LogP contribution in [0.3, 0.4) is 0 Å². The lowest BCUT2D eigenvalue weighted by molar-refractivity contribution is -0.137. The van der Waals surface area contributed by atoms with Gasteiger partial charge >= 0.3 is 6.18 Å². The Morgan fingerprint density at radius 1 is 1.11 bits per heavy atom. The minimum Gasteiger partial charge on any atom is -0.383 e. The van der Waals surface area contributed by atoms with Crippen molar-refractivity contribution >= 4 is 5.82 Å². The smallest absolute Gasteiger partial charge is 0.383 e. The van der Waals surface area contributed by atoms with Gasteiger partial charge in [-0.25, -0.2) is 9.97 Å². The van der Waals surface area contributed by atoms with Crippen molar-refractivity contribution in [3.05, 3.63) is 41.1 Å². The zero-order chi connectivity index (χ0) is 14.2. The molecule has 3 nitrogen and oxygen atoms in total. The average molecular weight is 267 g/mol. The van der Waals surface area contributed by atoms with Gasteiger partial charge in [0.1, 0.15) is 5.82 Å². The highest BCUT2D eigenvalue weighted by atomic mass is 19.4. The normalized spacial score (nSPS) is 11.6. The molecule has 0 amide bonds. The van der Waals surface area contributed by atoms with E-state index in [1.165, 1.54) is 12.1 Å². The Bertz CT molecular complexity index is 598. The van der Waals surface area contributed by atoms with Crippen LogP contribution in [0.2, 0.25) is 0 Å². The summed E-state index contributed by atoms with van der Waals surface area (Å²) in [6.45, 7) is 3.51. The molecule has 0 fully saturated rings. The Kier molecular flexibility index (Phi) is 3.18. The zero-order valence-electron chi connectivity index (χ0n) is 10.4. The Morgan fingerprint density at radius 2 is 1.79 bits per heavy atom. The monoisotopic (exact) mass is 267 g/mol. The molecule has 0 atom stereocenters. The Labute approximate surface area is 108 Å². The van der Waals surface area contributed by atoms with E-state index in [2.05, 4.69) is 9.97 Å². The van der Waals surface area contributed by atoms with Gasteiger partial charge in [0.05, 0.1) is 5.56 Å².